The molecule has 1 aromatic rings. The third-order valence-corrected chi connectivity index (χ3v) is 12.5. The van der Waals surface area contributed by atoms with Crippen LogP contribution in [0.3, 0.4) is 0 Å². The van der Waals surface area contributed by atoms with Crippen molar-refractivity contribution in [3.05, 3.63) is 29.8 Å². The molecule has 5 heteroatoms. The molecular weight excluding hydrogens is 503 g/mol. The Bertz CT molecular complexity index is 600. The number of hydrogen-bond acceptors (Lipinski definition) is 3. The average molecular weight is 558 g/mol. The minimum atomic E-state index is -0.806. The van der Waals surface area contributed by atoms with Crippen LogP contribution in [0.2, 0.25) is 0 Å². The fourth-order valence-electron chi connectivity index (χ4n) is 5.15. The molecule has 0 aromatic heterocycles. The van der Waals surface area contributed by atoms with Crippen molar-refractivity contribution in [3.63, 3.8) is 0 Å². The van der Waals surface area contributed by atoms with E-state index < -0.39 is 7.26 Å². The highest BCUT2D eigenvalue weighted by molar-refractivity contribution is 7.75. The van der Waals surface area contributed by atoms with Crippen LogP contribution in [0.1, 0.15) is 77.7 Å². The van der Waals surface area contributed by atoms with Crippen LogP contribution in [0.5, 0.6) is 5.75 Å². The highest BCUT2D eigenvalue weighted by Crippen LogP contribution is 2.61. The summed E-state index contributed by atoms with van der Waals surface area (Å²) in [6, 6.07) is 8.79. The summed E-state index contributed by atoms with van der Waals surface area (Å²) in [5, 5.41) is 0. The van der Waals surface area contributed by atoms with E-state index in [1.54, 1.807) is 0 Å². The summed E-state index contributed by atoms with van der Waals surface area (Å²) in [6.07, 6.45) is 17.9. The number of halogens is 1. The van der Waals surface area contributed by atoms with Crippen molar-refractivity contribution in [2.24, 2.45) is 0 Å². The number of piperazine rings is 1. The van der Waals surface area contributed by atoms with Gasteiger partial charge in [-0.25, -0.2) is 0 Å². The van der Waals surface area contributed by atoms with Crippen molar-refractivity contribution in [1.82, 2.24) is 9.80 Å². The Labute approximate surface area is 223 Å². The summed E-state index contributed by atoms with van der Waals surface area (Å²) < 4.78 is 6.40. The summed E-state index contributed by atoms with van der Waals surface area (Å²) in [6.45, 7) is 14.0. The largest absolute Gasteiger partial charge is 1.00 e. The van der Waals surface area contributed by atoms with Gasteiger partial charge in [0.25, 0.3) is 0 Å². The van der Waals surface area contributed by atoms with E-state index >= 15 is 0 Å². The van der Waals surface area contributed by atoms with Crippen LogP contribution < -0.4 is 21.7 Å². The van der Waals surface area contributed by atoms with Crippen LogP contribution in [0.4, 0.5) is 0 Å². The Balaban J connectivity index is 0.00000578. The van der Waals surface area contributed by atoms with Gasteiger partial charge in [-0.3, -0.25) is 0 Å². The summed E-state index contributed by atoms with van der Waals surface area (Å²) in [5.41, 5.74) is 1.40. The molecule has 34 heavy (non-hydrogen) atoms. The molecule has 0 N–H and O–H groups in total. The van der Waals surface area contributed by atoms with Crippen LogP contribution >= 0.6 is 7.26 Å². The number of para-hydroxylation sites is 1. The van der Waals surface area contributed by atoms with Crippen LogP contribution in [0, 0.1) is 0 Å². The Kier molecular flexibility index (Phi) is 17.8. The molecule has 0 spiro atoms. The summed E-state index contributed by atoms with van der Waals surface area (Å²) in [4.78, 5) is 5.05. The zero-order chi connectivity index (χ0) is 23.8. The molecule has 3 nitrogen and oxygen atoms in total. The Morgan fingerprint density at radius 2 is 1.32 bits per heavy atom. The van der Waals surface area contributed by atoms with E-state index in [2.05, 4.69) is 61.9 Å². The number of likely N-dealkylation sites (N-methyl/N-ethyl adjacent to an activating group) is 1. The number of aryl methyl sites for hydroxylation is 1. The molecule has 2 rings (SSSR count). The maximum Gasteiger partial charge on any atom is 0.122 e. The van der Waals surface area contributed by atoms with E-state index in [1.165, 1.54) is 114 Å². The highest BCUT2D eigenvalue weighted by atomic mass is 79.9. The lowest BCUT2D eigenvalue weighted by atomic mass is 10.1. The molecule has 0 saturated carbocycles. The van der Waals surface area contributed by atoms with Gasteiger partial charge < -0.3 is 31.5 Å². The Hall–Kier alpha value is -0.150. The van der Waals surface area contributed by atoms with Crippen molar-refractivity contribution >= 4 is 7.26 Å². The van der Waals surface area contributed by atoms with E-state index in [9.17, 15) is 0 Å². The molecule has 0 amide bonds. The highest BCUT2D eigenvalue weighted by Gasteiger charge is 2.34. The molecule has 0 bridgehead atoms. The lowest BCUT2D eigenvalue weighted by Crippen LogP contribution is -3.00. The Morgan fingerprint density at radius 3 is 1.91 bits per heavy atom. The van der Waals surface area contributed by atoms with E-state index in [4.69, 9.17) is 4.74 Å². The zero-order valence-corrected chi connectivity index (χ0v) is 25.4. The first-order chi connectivity index (χ1) is 16.1. The monoisotopic (exact) mass is 556 g/mol. The number of nitrogens with zero attached hydrogens (tertiary/aromatic N) is 2. The predicted molar refractivity (Wildman–Crippen MR) is 150 cm³/mol. The van der Waals surface area contributed by atoms with E-state index in [-0.39, 0.29) is 17.0 Å². The van der Waals surface area contributed by atoms with Gasteiger partial charge in [-0.1, -0.05) is 58.2 Å². The molecule has 1 aromatic carbocycles. The van der Waals surface area contributed by atoms with Crippen molar-refractivity contribution in [2.75, 3.05) is 71.0 Å². The number of benzene rings is 1. The van der Waals surface area contributed by atoms with Crippen LogP contribution in [-0.4, -0.2) is 80.8 Å². The third kappa shape index (κ3) is 12.2. The minimum Gasteiger partial charge on any atom is -1.00 e. The average Bonchev–Trinajstić information content (AvgIpc) is 2.84. The molecule has 198 valence electrons. The molecule has 1 saturated heterocycles. The summed E-state index contributed by atoms with van der Waals surface area (Å²) in [5.74, 6) is 1.13. The molecule has 1 aliphatic heterocycles. The minimum absolute atomic E-state index is 0. The van der Waals surface area contributed by atoms with Crippen LogP contribution in [0.15, 0.2) is 24.3 Å². The van der Waals surface area contributed by atoms with Gasteiger partial charge in [0.1, 0.15) is 5.75 Å². The SMILES string of the molecule is CCCC[P+](CCCC)(CCCC)CCCOc1ccccc1CCCN1CCN(C)CC1.[Br-]. The smallest absolute Gasteiger partial charge is 0.122 e. The van der Waals surface area contributed by atoms with E-state index in [1.807, 2.05) is 0 Å². The van der Waals surface area contributed by atoms with Gasteiger partial charge in [0.2, 0.25) is 0 Å². The molecule has 0 aliphatic carbocycles. The number of rotatable bonds is 18. The predicted octanol–water partition coefficient (Wildman–Crippen LogP) is 4.06. The molecule has 1 aliphatic rings. The van der Waals surface area contributed by atoms with Crippen molar-refractivity contribution in [1.29, 1.82) is 0 Å². The summed E-state index contributed by atoms with van der Waals surface area (Å²) in [7, 11) is 1.42. The fraction of sp³-hybridized carbons (Fsp3) is 0.793. The maximum atomic E-state index is 6.40. The van der Waals surface area contributed by atoms with Gasteiger partial charge in [-0.05, 0) is 57.3 Å². The Morgan fingerprint density at radius 1 is 0.765 bits per heavy atom. The van der Waals surface area contributed by atoms with Crippen molar-refractivity contribution in [3.8, 4) is 5.75 Å². The molecular formula is C29H54BrN2OP. The zero-order valence-electron chi connectivity index (χ0n) is 22.9. The second-order valence-electron chi connectivity index (χ2n) is 10.4. The molecule has 0 unspecified atom stereocenters. The van der Waals surface area contributed by atoms with E-state index in [0.717, 1.165) is 18.8 Å². The van der Waals surface area contributed by atoms with Gasteiger partial charge in [-0.2, -0.15) is 0 Å². The second kappa shape index (κ2) is 19.0. The topological polar surface area (TPSA) is 15.7 Å². The van der Waals surface area contributed by atoms with Gasteiger partial charge >= 0.3 is 0 Å². The number of unbranched alkanes of at least 4 members (excludes halogenated alkanes) is 3. The van der Waals surface area contributed by atoms with Gasteiger partial charge in [0, 0.05) is 39.9 Å². The first-order valence-corrected chi connectivity index (χ1v) is 16.6. The first kappa shape index (κ1) is 31.9. The molecule has 0 atom stereocenters. The standard InChI is InChI=1S/C29H54N2OP.BrH/c1-5-8-24-33(25-9-6-2,26-10-7-3)27-14-23-32-29-17-12-11-15-28(29)16-13-18-31-21-19-30(4)20-22-31;/h11-12,15,17H,5-10,13-14,16,18-27H2,1-4H3;1H/q+1;/p-1. The van der Waals surface area contributed by atoms with Crippen molar-refractivity contribution < 1.29 is 21.7 Å². The molecule has 1 heterocycles. The van der Waals surface area contributed by atoms with Gasteiger partial charge in [-0.15, -0.1) is 0 Å². The lowest BCUT2D eigenvalue weighted by Gasteiger charge is -2.32. The van der Waals surface area contributed by atoms with Crippen molar-refractivity contribution in [2.45, 2.75) is 78.6 Å². The van der Waals surface area contributed by atoms with E-state index in [0.29, 0.717) is 0 Å². The van der Waals surface area contributed by atoms with Crippen LogP contribution in [0.25, 0.3) is 0 Å². The number of hydrogen-bond donors (Lipinski definition) is 0. The summed E-state index contributed by atoms with van der Waals surface area (Å²) >= 11 is 0. The lowest BCUT2D eigenvalue weighted by molar-refractivity contribution is -0.00000765. The first-order valence-electron chi connectivity index (χ1n) is 14.1. The molecule has 0 radical (unpaired) electrons. The molecule has 1 fully saturated rings. The maximum absolute atomic E-state index is 6.40. The fourth-order valence-corrected chi connectivity index (χ4v) is 10.3. The van der Waals surface area contributed by atoms with Gasteiger partial charge in [0.15, 0.2) is 0 Å². The second-order valence-corrected chi connectivity index (χ2v) is 14.8. The number of ether oxygens (including phenoxy) is 1. The normalized spacial score (nSPS) is 15.3. The third-order valence-electron chi connectivity index (χ3n) is 7.48. The van der Waals surface area contributed by atoms with Crippen LogP contribution in [-0.2, 0) is 6.42 Å². The quantitative estimate of drug-likeness (QED) is 0.200. The van der Waals surface area contributed by atoms with Gasteiger partial charge in [0.05, 0.1) is 31.3 Å².